The average molecular weight is 672 g/mol. The Labute approximate surface area is 307 Å². The van der Waals surface area contributed by atoms with Crippen LogP contribution in [-0.4, -0.2) is 15.0 Å². The zero-order valence-corrected chi connectivity index (χ0v) is 28.6. The molecule has 3 heteroatoms. The Morgan fingerprint density at radius 2 is 0.849 bits per heavy atom. The highest BCUT2D eigenvalue weighted by atomic mass is 14.7. The maximum Gasteiger partial charge on any atom is 0.0725 e. The number of hydrogen-bond acceptors (Lipinski definition) is 3. The predicted molar refractivity (Wildman–Crippen MR) is 214 cm³/mol. The molecule has 0 unspecified atom stereocenters. The molecule has 0 saturated heterocycles. The fourth-order valence-electron chi connectivity index (χ4n) is 9.82. The first-order valence-electron chi connectivity index (χ1n) is 18.2. The monoisotopic (exact) mass is 671 g/mol. The molecule has 3 aliphatic rings. The lowest BCUT2D eigenvalue weighted by atomic mass is 9.69. The fraction of sp³-hybridized carbons (Fsp3) is 0.0200. The summed E-state index contributed by atoms with van der Waals surface area (Å²) < 4.78 is 0. The minimum atomic E-state index is -0.472. The standard InChI is InChI=1S/C50H29N3/c1-4-16-40-34(11-1)35-12-2-5-17-41(35)50(40)42-18-6-3-13-37(42)49-43(50)29-39-36-14-7-9-32-10-8-15-38(46(32)36)48(39)47(49)33-27-44(30-19-23-51-24-20-30)53-45(28-33)31-21-25-52-26-22-31/h1-29H. The molecule has 1 spiro atoms. The molecule has 6 aromatic carbocycles. The molecule has 3 aromatic heterocycles. The third-order valence-corrected chi connectivity index (χ3v) is 11.8. The van der Waals surface area contributed by atoms with E-state index in [-0.39, 0.29) is 0 Å². The summed E-state index contributed by atoms with van der Waals surface area (Å²) in [5.74, 6) is 0. The normalized spacial score (nSPS) is 13.4. The van der Waals surface area contributed by atoms with Gasteiger partial charge < -0.3 is 0 Å². The van der Waals surface area contributed by atoms with Crippen LogP contribution in [0.2, 0.25) is 0 Å². The molecule has 0 radical (unpaired) electrons. The van der Waals surface area contributed by atoms with Crippen LogP contribution in [0.4, 0.5) is 0 Å². The largest absolute Gasteiger partial charge is 0.265 e. The van der Waals surface area contributed by atoms with Crippen LogP contribution in [0, 0.1) is 0 Å². The molecule has 0 N–H and O–H groups in total. The summed E-state index contributed by atoms with van der Waals surface area (Å²) in [5, 5.41) is 2.58. The van der Waals surface area contributed by atoms with E-state index in [0.717, 1.165) is 28.1 Å². The van der Waals surface area contributed by atoms with Crippen molar-refractivity contribution in [3.63, 3.8) is 0 Å². The van der Waals surface area contributed by atoms with Gasteiger partial charge in [-0.05, 0) is 131 Å². The van der Waals surface area contributed by atoms with Crippen LogP contribution < -0.4 is 0 Å². The Morgan fingerprint density at radius 1 is 0.340 bits per heavy atom. The van der Waals surface area contributed by atoms with E-state index in [4.69, 9.17) is 4.98 Å². The molecule has 0 bridgehead atoms. The maximum atomic E-state index is 5.28. The molecule has 3 aliphatic carbocycles. The van der Waals surface area contributed by atoms with Gasteiger partial charge in [0.05, 0.1) is 16.8 Å². The lowest BCUT2D eigenvalue weighted by Crippen LogP contribution is -2.26. The second-order valence-electron chi connectivity index (χ2n) is 14.3. The van der Waals surface area contributed by atoms with Crippen molar-refractivity contribution in [2.24, 2.45) is 0 Å². The molecule has 3 nitrogen and oxygen atoms in total. The first kappa shape index (κ1) is 28.7. The maximum absolute atomic E-state index is 5.28. The average Bonchev–Trinajstić information content (AvgIpc) is 3.83. The smallest absolute Gasteiger partial charge is 0.0725 e. The fourth-order valence-corrected chi connectivity index (χ4v) is 9.82. The highest BCUT2D eigenvalue weighted by Crippen LogP contribution is 2.67. The van der Waals surface area contributed by atoms with Gasteiger partial charge in [-0.3, -0.25) is 9.97 Å². The second-order valence-corrected chi connectivity index (χ2v) is 14.3. The van der Waals surface area contributed by atoms with E-state index in [1.165, 1.54) is 83.1 Å². The summed E-state index contributed by atoms with van der Waals surface area (Å²) in [6.45, 7) is 0. The van der Waals surface area contributed by atoms with Crippen molar-refractivity contribution >= 4 is 10.8 Å². The van der Waals surface area contributed by atoms with Crippen LogP contribution in [0.3, 0.4) is 0 Å². The Morgan fingerprint density at radius 3 is 1.45 bits per heavy atom. The van der Waals surface area contributed by atoms with Gasteiger partial charge in [-0.25, -0.2) is 4.98 Å². The summed E-state index contributed by atoms with van der Waals surface area (Å²) in [6, 6.07) is 56.2. The number of aromatic nitrogens is 3. The second kappa shape index (κ2) is 10.5. The van der Waals surface area contributed by atoms with Gasteiger partial charge in [-0.15, -0.1) is 0 Å². The van der Waals surface area contributed by atoms with Gasteiger partial charge in [-0.1, -0.05) is 109 Å². The Bertz CT molecular complexity index is 2890. The topological polar surface area (TPSA) is 38.7 Å². The van der Waals surface area contributed by atoms with Gasteiger partial charge in [0.15, 0.2) is 0 Å². The lowest BCUT2D eigenvalue weighted by Gasteiger charge is -2.31. The molecule has 0 amide bonds. The number of hydrogen-bond donors (Lipinski definition) is 0. The van der Waals surface area contributed by atoms with E-state index in [2.05, 4.69) is 162 Å². The Balaban J connectivity index is 1.29. The Hall–Kier alpha value is -6.97. The summed E-state index contributed by atoms with van der Waals surface area (Å²) >= 11 is 0. The van der Waals surface area contributed by atoms with Crippen LogP contribution in [0.25, 0.3) is 88.9 Å². The zero-order chi connectivity index (χ0) is 34.7. The highest BCUT2D eigenvalue weighted by Gasteiger charge is 2.53. The minimum Gasteiger partial charge on any atom is -0.265 e. The van der Waals surface area contributed by atoms with E-state index in [1.807, 2.05) is 24.8 Å². The molecule has 244 valence electrons. The van der Waals surface area contributed by atoms with Crippen molar-refractivity contribution in [3.05, 3.63) is 199 Å². The minimum absolute atomic E-state index is 0.472. The number of nitrogens with zero attached hydrogens (tertiary/aromatic N) is 3. The molecular formula is C50H29N3. The summed E-state index contributed by atoms with van der Waals surface area (Å²) in [5.41, 5.74) is 21.5. The molecule has 12 rings (SSSR count). The van der Waals surface area contributed by atoms with E-state index < -0.39 is 5.41 Å². The third kappa shape index (κ3) is 3.70. The van der Waals surface area contributed by atoms with Crippen molar-refractivity contribution < 1.29 is 0 Å². The van der Waals surface area contributed by atoms with E-state index in [1.54, 1.807) is 0 Å². The number of benzene rings is 6. The molecule has 3 heterocycles. The summed E-state index contributed by atoms with van der Waals surface area (Å²) in [6.07, 6.45) is 7.39. The van der Waals surface area contributed by atoms with Gasteiger partial charge in [-0.2, -0.15) is 0 Å². The molecular weight excluding hydrogens is 643 g/mol. The molecule has 0 atom stereocenters. The lowest BCUT2D eigenvalue weighted by molar-refractivity contribution is 0.794. The van der Waals surface area contributed by atoms with Crippen LogP contribution in [0.5, 0.6) is 0 Å². The SMILES string of the molecule is c1ccc2c(c1)-c1ccccc1C21c2ccccc2-c2c1cc1c(c2-c2cc(-c3ccncc3)nc(-c3ccncc3)c2)-c2cccc3cccc-1c23. The van der Waals surface area contributed by atoms with Crippen molar-refractivity contribution in [2.45, 2.75) is 5.41 Å². The summed E-state index contributed by atoms with van der Waals surface area (Å²) in [4.78, 5) is 14.0. The molecule has 9 aromatic rings. The van der Waals surface area contributed by atoms with E-state index in [9.17, 15) is 0 Å². The molecule has 0 saturated carbocycles. The summed E-state index contributed by atoms with van der Waals surface area (Å²) in [7, 11) is 0. The van der Waals surface area contributed by atoms with Crippen molar-refractivity contribution in [1.82, 2.24) is 15.0 Å². The van der Waals surface area contributed by atoms with Gasteiger partial charge in [0, 0.05) is 35.9 Å². The Kier molecular flexibility index (Phi) is 5.70. The van der Waals surface area contributed by atoms with Crippen molar-refractivity contribution in [2.75, 3.05) is 0 Å². The van der Waals surface area contributed by atoms with Crippen LogP contribution in [-0.2, 0) is 5.41 Å². The molecule has 0 aliphatic heterocycles. The number of pyridine rings is 3. The van der Waals surface area contributed by atoms with Gasteiger partial charge in [0.2, 0.25) is 0 Å². The van der Waals surface area contributed by atoms with Crippen LogP contribution in [0.1, 0.15) is 22.3 Å². The third-order valence-electron chi connectivity index (χ3n) is 11.8. The zero-order valence-electron chi connectivity index (χ0n) is 28.6. The predicted octanol–water partition coefficient (Wildman–Crippen LogP) is 12.0. The first-order chi connectivity index (χ1) is 26.3. The first-order valence-corrected chi connectivity index (χ1v) is 18.2. The van der Waals surface area contributed by atoms with Gasteiger partial charge >= 0.3 is 0 Å². The van der Waals surface area contributed by atoms with Gasteiger partial charge in [0.1, 0.15) is 0 Å². The number of fused-ring (bicyclic) bond motifs is 13. The van der Waals surface area contributed by atoms with E-state index in [0.29, 0.717) is 0 Å². The molecule has 53 heavy (non-hydrogen) atoms. The molecule has 0 fully saturated rings. The van der Waals surface area contributed by atoms with Gasteiger partial charge in [0.25, 0.3) is 0 Å². The quantitative estimate of drug-likeness (QED) is 0.188. The van der Waals surface area contributed by atoms with Crippen molar-refractivity contribution in [1.29, 1.82) is 0 Å². The van der Waals surface area contributed by atoms with Crippen LogP contribution >= 0.6 is 0 Å². The van der Waals surface area contributed by atoms with Crippen LogP contribution in [0.15, 0.2) is 176 Å². The number of rotatable bonds is 3. The highest BCUT2D eigenvalue weighted by molar-refractivity contribution is 6.21. The van der Waals surface area contributed by atoms with Crippen molar-refractivity contribution in [3.8, 4) is 78.1 Å². The van der Waals surface area contributed by atoms with E-state index >= 15 is 0 Å².